The van der Waals surface area contributed by atoms with Gasteiger partial charge >= 0.3 is 0 Å². The number of benzene rings is 1. The fourth-order valence-corrected chi connectivity index (χ4v) is 2.38. The zero-order chi connectivity index (χ0) is 16.7. The Morgan fingerprint density at radius 2 is 2.17 bits per heavy atom. The molecule has 1 aromatic carbocycles. The van der Waals surface area contributed by atoms with Gasteiger partial charge in [-0.25, -0.2) is 0 Å². The summed E-state index contributed by atoms with van der Waals surface area (Å²) < 4.78 is 4.99. The van der Waals surface area contributed by atoms with Gasteiger partial charge in [0, 0.05) is 38.2 Å². The van der Waals surface area contributed by atoms with Gasteiger partial charge in [0.1, 0.15) is 0 Å². The first-order chi connectivity index (χ1) is 11.1. The predicted molar refractivity (Wildman–Crippen MR) is 89.4 cm³/mol. The average molecular weight is 316 g/mol. The van der Waals surface area contributed by atoms with Crippen LogP contribution >= 0.6 is 0 Å². The standard InChI is InChI=1S/C17H24N4O2/c1-4-21(15-7-5-6-13(2)12-15)11-10-18-16(22)8-9-17-19-14(3)20-23-17/h5-7,12H,4,8-11H2,1-3H3,(H,18,22). The normalized spacial score (nSPS) is 10.6. The minimum absolute atomic E-state index is 0.00106. The number of carbonyl (C=O) groups excluding carboxylic acids is 1. The third-order valence-electron chi connectivity index (χ3n) is 3.59. The van der Waals surface area contributed by atoms with Crippen molar-refractivity contribution < 1.29 is 9.32 Å². The van der Waals surface area contributed by atoms with Gasteiger partial charge in [-0.05, 0) is 38.5 Å². The van der Waals surface area contributed by atoms with Gasteiger partial charge in [0.2, 0.25) is 11.8 Å². The number of nitrogens with zero attached hydrogens (tertiary/aromatic N) is 3. The highest BCUT2D eigenvalue weighted by Gasteiger charge is 2.08. The number of amides is 1. The van der Waals surface area contributed by atoms with E-state index in [0.717, 1.165) is 13.1 Å². The highest BCUT2D eigenvalue weighted by molar-refractivity contribution is 5.76. The largest absolute Gasteiger partial charge is 0.370 e. The van der Waals surface area contributed by atoms with Crippen molar-refractivity contribution in [2.24, 2.45) is 0 Å². The number of carbonyl (C=O) groups is 1. The van der Waals surface area contributed by atoms with Gasteiger partial charge in [-0.3, -0.25) is 4.79 Å². The number of anilines is 1. The zero-order valence-corrected chi connectivity index (χ0v) is 14.0. The fourth-order valence-electron chi connectivity index (χ4n) is 2.38. The van der Waals surface area contributed by atoms with Crippen molar-refractivity contribution in [1.82, 2.24) is 15.5 Å². The number of aryl methyl sites for hydroxylation is 3. The molecule has 0 radical (unpaired) electrons. The Hall–Kier alpha value is -2.37. The lowest BCUT2D eigenvalue weighted by Gasteiger charge is -2.23. The molecule has 0 unspecified atom stereocenters. The van der Waals surface area contributed by atoms with Gasteiger partial charge < -0.3 is 14.7 Å². The summed E-state index contributed by atoms with van der Waals surface area (Å²) in [4.78, 5) is 18.2. The molecule has 0 bridgehead atoms. The van der Waals surface area contributed by atoms with Crippen LogP contribution in [0.3, 0.4) is 0 Å². The maximum atomic E-state index is 11.9. The first kappa shape index (κ1) is 17.0. The summed E-state index contributed by atoms with van der Waals surface area (Å²) in [6, 6.07) is 8.39. The smallest absolute Gasteiger partial charge is 0.227 e. The Morgan fingerprint density at radius 3 is 2.83 bits per heavy atom. The van der Waals surface area contributed by atoms with Crippen molar-refractivity contribution >= 4 is 11.6 Å². The lowest BCUT2D eigenvalue weighted by Crippen LogP contribution is -2.35. The maximum Gasteiger partial charge on any atom is 0.227 e. The summed E-state index contributed by atoms with van der Waals surface area (Å²) in [6.45, 7) is 8.26. The van der Waals surface area contributed by atoms with Crippen LogP contribution in [-0.2, 0) is 11.2 Å². The van der Waals surface area contributed by atoms with E-state index in [1.54, 1.807) is 6.92 Å². The predicted octanol–water partition coefficient (Wildman–Crippen LogP) is 2.26. The number of rotatable bonds is 8. The van der Waals surface area contributed by atoms with Gasteiger partial charge in [0.05, 0.1) is 0 Å². The molecular formula is C17H24N4O2. The van der Waals surface area contributed by atoms with Crippen LogP contribution in [0.15, 0.2) is 28.8 Å². The van der Waals surface area contributed by atoms with Crippen LogP contribution in [0, 0.1) is 13.8 Å². The molecule has 124 valence electrons. The van der Waals surface area contributed by atoms with Gasteiger partial charge in [0.25, 0.3) is 0 Å². The highest BCUT2D eigenvalue weighted by Crippen LogP contribution is 2.14. The van der Waals surface area contributed by atoms with Crippen molar-refractivity contribution in [2.45, 2.75) is 33.6 Å². The van der Waals surface area contributed by atoms with E-state index in [4.69, 9.17) is 4.52 Å². The molecule has 0 aliphatic carbocycles. The molecule has 6 heteroatoms. The molecule has 2 rings (SSSR count). The van der Waals surface area contributed by atoms with E-state index < -0.39 is 0 Å². The molecule has 0 atom stereocenters. The van der Waals surface area contributed by atoms with E-state index >= 15 is 0 Å². The molecule has 0 saturated heterocycles. The van der Waals surface area contributed by atoms with Crippen LogP contribution in [0.25, 0.3) is 0 Å². The van der Waals surface area contributed by atoms with Crippen molar-refractivity contribution in [3.63, 3.8) is 0 Å². The zero-order valence-electron chi connectivity index (χ0n) is 14.0. The first-order valence-corrected chi connectivity index (χ1v) is 7.96. The number of hydrogen-bond acceptors (Lipinski definition) is 5. The Labute approximate surface area is 136 Å². The molecule has 1 aromatic heterocycles. The second kappa shape index (κ2) is 8.31. The van der Waals surface area contributed by atoms with E-state index in [0.29, 0.717) is 31.1 Å². The molecule has 0 fully saturated rings. The second-order valence-corrected chi connectivity index (χ2v) is 5.50. The molecule has 1 amide bonds. The molecule has 6 nitrogen and oxygen atoms in total. The lowest BCUT2D eigenvalue weighted by molar-refractivity contribution is -0.121. The average Bonchev–Trinajstić information content (AvgIpc) is 2.95. The highest BCUT2D eigenvalue weighted by atomic mass is 16.5. The molecule has 0 saturated carbocycles. The van der Waals surface area contributed by atoms with E-state index in [2.05, 4.69) is 58.5 Å². The van der Waals surface area contributed by atoms with Crippen LogP contribution in [0.2, 0.25) is 0 Å². The van der Waals surface area contributed by atoms with Crippen LogP contribution in [0.1, 0.15) is 30.6 Å². The summed E-state index contributed by atoms with van der Waals surface area (Å²) in [5, 5.41) is 6.65. The van der Waals surface area contributed by atoms with Crippen molar-refractivity contribution in [3.05, 3.63) is 41.5 Å². The van der Waals surface area contributed by atoms with Crippen LogP contribution in [0.5, 0.6) is 0 Å². The van der Waals surface area contributed by atoms with Gasteiger partial charge in [0.15, 0.2) is 5.82 Å². The summed E-state index contributed by atoms with van der Waals surface area (Å²) in [7, 11) is 0. The number of hydrogen-bond donors (Lipinski definition) is 1. The molecule has 0 spiro atoms. The second-order valence-electron chi connectivity index (χ2n) is 5.50. The minimum Gasteiger partial charge on any atom is -0.370 e. The van der Waals surface area contributed by atoms with Crippen molar-refractivity contribution in [2.75, 3.05) is 24.5 Å². The van der Waals surface area contributed by atoms with Gasteiger partial charge in [-0.2, -0.15) is 4.98 Å². The van der Waals surface area contributed by atoms with Gasteiger partial charge in [-0.15, -0.1) is 0 Å². The minimum atomic E-state index is 0.00106. The number of nitrogens with one attached hydrogen (secondary N) is 1. The summed E-state index contributed by atoms with van der Waals surface area (Å²) in [6.07, 6.45) is 0.834. The Morgan fingerprint density at radius 1 is 1.35 bits per heavy atom. The van der Waals surface area contributed by atoms with Crippen molar-refractivity contribution in [1.29, 1.82) is 0 Å². The molecule has 0 aliphatic heterocycles. The number of aromatic nitrogens is 2. The number of likely N-dealkylation sites (N-methyl/N-ethyl adjacent to an activating group) is 1. The summed E-state index contributed by atoms with van der Waals surface area (Å²) in [5.74, 6) is 1.10. The Balaban J connectivity index is 1.73. The third-order valence-corrected chi connectivity index (χ3v) is 3.59. The summed E-state index contributed by atoms with van der Waals surface area (Å²) >= 11 is 0. The fraction of sp³-hybridized carbons (Fsp3) is 0.471. The van der Waals surface area contributed by atoms with E-state index in [9.17, 15) is 4.79 Å². The van der Waals surface area contributed by atoms with E-state index in [-0.39, 0.29) is 5.91 Å². The monoisotopic (exact) mass is 316 g/mol. The van der Waals surface area contributed by atoms with E-state index in [1.807, 2.05) is 0 Å². The topological polar surface area (TPSA) is 71.3 Å². The molecule has 1 N–H and O–H groups in total. The van der Waals surface area contributed by atoms with Gasteiger partial charge in [-0.1, -0.05) is 17.3 Å². The molecule has 23 heavy (non-hydrogen) atoms. The van der Waals surface area contributed by atoms with Crippen LogP contribution < -0.4 is 10.2 Å². The van der Waals surface area contributed by atoms with Crippen LogP contribution in [-0.4, -0.2) is 35.7 Å². The third kappa shape index (κ3) is 5.39. The molecule has 2 aromatic rings. The quantitative estimate of drug-likeness (QED) is 0.809. The lowest BCUT2D eigenvalue weighted by atomic mass is 10.2. The summed E-state index contributed by atoms with van der Waals surface area (Å²) in [5.41, 5.74) is 2.42. The molecule has 0 aliphatic rings. The van der Waals surface area contributed by atoms with E-state index in [1.165, 1.54) is 11.3 Å². The maximum absolute atomic E-state index is 11.9. The van der Waals surface area contributed by atoms with Crippen LogP contribution in [0.4, 0.5) is 5.69 Å². The first-order valence-electron chi connectivity index (χ1n) is 7.96. The molecule has 1 heterocycles. The Bertz CT molecular complexity index is 639. The molecular weight excluding hydrogens is 292 g/mol. The van der Waals surface area contributed by atoms with Crippen molar-refractivity contribution in [3.8, 4) is 0 Å². The SMILES string of the molecule is CCN(CCNC(=O)CCc1nc(C)no1)c1cccc(C)c1. The Kier molecular flexibility index (Phi) is 6.14.